The van der Waals surface area contributed by atoms with E-state index < -0.39 is 10.1 Å². The van der Waals surface area contributed by atoms with Crippen LogP contribution in [0.5, 0.6) is 5.88 Å². The largest absolute Gasteiger partial charge is 0.361 e. The van der Waals surface area contributed by atoms with Crippen molar-refractivity contribution in [3.05, 3.63) is 41.1 Å². The summed E-state index contributed by atoms with van der Waals surface area (Å²) in [6.45, 7) is 8.18. The molecule has 0 aliphatic carbocycles. The van der Waals surface area contributed by atoms with Crippen LogP contribution in [0.3, 0.4) is 0 Å². The molecule has 150 valence electrons. The highest BCUT2D eigenvalue weighted by Gasteiger charge is 2.19. The van der Waals surface area contributed by atoms with Gasteiger partial charge in [-0.25, -0.2) is 0 Å². The number of aromatic nitrogens is 2. The highest BCUT2D eigenvalue weighted by Crippen LogP contribution is 2.25. The Morgan fingerprint density at radius 2 is 1.70 bits per heavy atom. The van der Waals surface area contributed by atoms with Crippen LogP contribution in [0.4, 0.5) is 0 Å². The Balaban J connectivity index is 2.12. The van der Waals surface area contributed by atoms with Gasteiger partial charge in [-0.15, -0.1) is 0 Å². The zero-order valence-corrected chi connectivity index (χ0v) is 17.8. The van der Waals surface area contributed by atoms with Gasteiger partial charge in [0.15, 0.2) is 0 Å². The molecule has 27 heavy (non-hydrogen) atoms. The van der Waals surface area contributed by atoms with Gasteiger partial charge in [0.05, 0.1) is 17.1 Å². The number of benzene rings is 1. The van der Waals surface area contributed by atoms with E-state index in [9.17, 15) is 8.42 Å². The Morgan fingerprint density at radius 1 is 1.00 bits per heavy atom. The van der Waals surface area contributed by atoms with Crippen molar-refractivity contribution in [1.29, 1.82) is 0 Å². The fourth-order valence-electron chi connectivity index (χ4n) is 3.09. The molecule has 2 rings (SSSR count). The fraction of sp³-hybridized carbons (Fsp3) is 0.571. The first-order chi connectivity index (χ1) is 12.9. The van der Waals surface area contributed by atoms with Crippen molar-refractivity contribution in [2.24, 2.45) is 0 Å². The first-order valence-electron chi connectivity index (χ1n) is 9.95. The van der Waals surface area contributed by atoms with Gasteiger partial charge in [-0.05, 0) is 38.3 Å². The predicted octanol–water partition coefficient (Wildman–Crippen LogP) is 5.12. The van der Waals surface area contributed by atoms with E-state index in [2.05, 4.69) is 18.1 Å². The Kier molecular flexibility index (Phi) is 7.90. The molecule has 0 atom stereocenters. The van der Waals surface area contributed by atoms with Crippen LogP contribution >= 0.6 is 0 Å². The third-order valence-corrected chi connectivity index (χ3v) is 5.84. The molecule has 0 aliphatic rings. The summed E-state index contributed by atoms with van der Waals surface area (Å²) in [6.07, 6.45) is 6.89. The summed E-state index contributed by atoms with van der Waals surface area (Å²) in [6, 6.07) is 7.71. The van der Waals surface area contributed by atoms with Crippen molar-refractivity contribution >= 4 is 10.1 Å². The molecule has 1 aromatic heterocycles. The monoisotopic (exact) mass is 392 g/mol. The number of hydrogen-bond donors (Lipinski definition) is 0. The molecule has 0 amide bonds. The van der Waals surface area contributed by atoms with E-state index in [1.54, 1.807) is 10.7 Å². The highest BCUT2D eigenvalue weighted by molar-refractivity contribution is 7.87. The second-order valence-corrected chi connectivity index (χ2v) is 8.83. The Morgan fingerprint density at radius 3 is 2.37 bits per heavy atom. The van der Waals surface area contributed by atoms with E-state index in [1.165, 1.54) is 12.8 Å². The molecule has 0 spiro atoms. The minimum absolute atomic E-state index is 0.0403. The number of unbranched alkanes of at least 4 members (excludes halogenated alkanes) is 5. The lowest BCUT2D eigenvalue weighted by atomic mass is 10.1. The molecular formula is C21H32N2O3S. The summed E-state index contributed by atoms with van der Waals surface area (Å²) in [5.74, 6) is 0.309. The van der Waals surface area contributed by atoms with Crippen LogP contribution in [-0.4, -0.2) is 24.0 Å². The maximum Gasteiger partial charge on any atom is 0.310 e. The molecular weight excluding hydrogens is 360 g/mol. The molecule has 0 radical (unpaired) electrons. The first kappa shape index (κ1) is 21.5. The normalized spacial score (nSPS) is 11.7. The van der Waals surface area contributed by atoms with Gasteiger partial charge in [-0.3, -0.25) is 0 Å². The summed E-state index contributed by atoms with van der Waals surface area (Å²) >= 11 is 0. The lowest BCUT2D eigenvalue weighted by molar-refractivity contribution is 0.461. The van der Waals surface area contributed by atoms with Crippen molar-refractivity contribution < 1.29 is 12.6 Å². The van der Waals surface area contributed by atoms with Crippen molar-refractivity contribution in [2.45, 2.75) is 72.6 Å². The van der Waals surface area contributed by atoms with Crippen molar-refractivity contribution in [2.75, 3.05) is 5.75 Å². The minimum Gasteiger partial charge on any atom is -0.361 e. The lowest BCUT2D eigenvalue weighted by Gasteiger charge is -2.12. The second kappa shape index (κ2) is 9.93. The lowest BCUT2D eigenvalue weighted by Crippen LogP contribution is -2.16. The Hall–Kier alpha value is -1.82. The SMILES string of the molecule is CCCCCCCCS(=O)(=O)Oc1cc(CC)nn1-c1ccc(C)cc1C. The zero-order chi connectivity index (χ0) is 19.9. The molecule has 0 bridgehead atoms. The molecule has 6 heteroatoms. The summed E-state index contributed by atoms with van der Waals surface area (Å²) in [5.41, 5.74) is 3.82. The van der Waals surface area contributed by atoms with Crippen molar-refractivity contribution in [1.82, 2.24) is 9.78 Å². The summed E-state index contributed by atoms with van der Waals surface area (Å²) in [5, 5.41) is 4.53. The van der Waals surface area contributed by atoms with Crippen LogP contribution in [0.25, 0.3) is 5.69 Å². The third-order valence-electron chi connectivity index (χ3n) is 4.63. The second-order valence-electron chi connectivity index (χ2n) is 7.14. The van der Waals surface area contributed by atoms with Crippen molar-refractivity contribution in [3.63, 3.8) is 0 Å². The predicted molar refractivity (Wildman–Crippen MR) is 110 cm³/mol. The topological polar surface area (TPSA) is 61.2 Å². The molecule has 0 saturated heterocycles. The molecule has 0 N–H and O–H groups in total. The van der Waals surface area contributed by atoms with E-state index in [0.717, 1.165) is 41.8 Å². The van der Waals surface area contributed by atoms with E-state index >= 15 is 0 Å². The van der Waals surface area contributed by atoms with Gasteiger partial charge < -0.3 is 4.18 Å². The third kappa shape index (κ3) is 6.38. The van der Waals surface area contributed by atoms with E-state index in [4.69, 9.17) is 4.18 Å². The van der Waals surface area contributed by atoms with Crippen LogP contribution in [0, 0.1) is 13.8 Å². The molecule has 0 unspecified atom stereocenters. The molecule has 5 nitrogen and oxygen atoms in total. The first-order valence-corrected chi connectivity index (χ1v) is 11.5. The molecule has 1 aromatic carbocycles. The molecule has 0 aliphatic heterocycles. The molecule has 0 fully saturated rings. The van der Waals surface area contributed by atoms with E-state index in [0.29, 0.717) is 12.8 Å². The summed E-state index contributed by atoms with van der Waals surface area (Å²) < 4.78 is 32.0. The van der Waals surface area contributed by atoms with Gasteiger partial charge in [0, 0.05) is 6.07 Å². The standard InChI is InChI=1S/C21H32N2O3S/c1-5-7-8-9-10-11-14-27(24,25)26-21-16-19(6-2)22-23(21)20-13-12-17(3)15-18(20)4/h12-13,15-16H,5-11,14H2,1-4H3. The van der Waals surface area contributed by atoms with Gasteiger partial charge in [-0.1, -0.05) is 63.6 Å². The highest BCUT2D eigenvalue weighted by atomic mass is 32.2. The van der Waals surface area contributed by atoms with Crippen LogP contribution in [-0.2, 0) is 16.5 Å². The number of aryl methyl sites for hydroxylation is 3. The van der Waals surface area contributed by atoms with Crippen molar-refractivity contribution in [3.8, 4) is 11.6 Å². The average molecular weight is 393 g/mol. The number of nitrogens with zero attached hydrogens (tertiary/aromatic N) is 2. The molecule has 1 heterocycles. The maximum absolute atomic E-state index is 12.4. The van der Waals surface area contributed by atoms with Gasteiger partial charge >= 0.3 is 10.1 Å². The van der Waals surface area contributed by atoms with Crippen LogP contribution in [0.2, 0.25) is 0 Å². The average Bonchev–Trinajstić information content (AvgIpc) is 3.00. The van der Waals surface area contributed by atoms with Gasteiger partial charge in [-0.2, -0.15) is 18.2 Å². The van der Waals surface area contributed by atoms with Gasteiger partial charge in [0.1, 0.15) is 0 Å². The minimum atomic E-state index is -3.63. The summed E-state index contributed by atoms with van der Waals surface area (Å²) in [4.78, 5) is 0. The number of rotatable bonds is 11. The quantitative estimate of drug-likeness (QED) is 0.393. The molecule has 0 saturated carbocycles. The maximum atomic E-state index is 12.4. The summed E-state index contributed by atoms with van der Waals surface area (Å²) in [7, 11) is -3.63. The van der Waals surface area contributed by atoms with Gasteiger partial charge in [0.25, 0.3) is 0 Å². The fourth-order valence-corrected chi connectivity index (χ4v) is 4.11. The van der Waals surface area contributed by atoms with E-state index in [-0.39, 0.29) is 11.6 Å². The van der Waals surface area contributed by atoms with Crippen LogP contribution < -0.4 is 4.18 Å². The van der Waals surface area contributed by atoms with Crippen LogP contribution in [0.15, 0.2) is 24.3 Å². The Bertz CT molecular complexity index is 841. The smallest absolute Gasteiger partial charge is 0.310 e. The van der Waals surface area contributed by atoms with E-state index in [1.807, 2.05) is 32.9 Å². The van der Waals surface area contributed by atoms with Crippen LogP contribution in [0.1, 0.15) is 69.2 Å². The van der Waals surface area contributed by atoms with Gasteiger partial charge in [0.2, 0.25) is 5.88 Å². The zero-order valence-electron chi connectivity index (χ0n) is 17.0. The molecule has 2 aromatic rings. The Labute approximate surface area is 163 Å². The number of hydrogen-bond acceptors (Lipinski definition) is 4.